The van der Waals surface area contributed by atoms with Crippen LogP contribution in [0.25, 0.3) is 15.6 Å². The summed E-state index contributed by atoms with van der Waals surface area (Å²) in [6, 6.07) is 11.7. The molecule has 0 radical (unpaired) electrons. The molecule has 2 fully saturated rings. The molecule has 3 heterocycles. The Morgan fingerprint density at radius 3 is 2.61 bits per heavy atom. The summed E-state index contributed by atoms with van der Waals surface area (Å²) < 4.78 is 5.75. The molecule has 5 rings (SSSR count). The second kappa shape index (κ2) is 9.70. The van der Waals surface area contributed by atoms with Crippen molar-refractivity contribution in [3.8, 4) is 0 Å². The molecule has 0 amide bonds. The van der Waals surface area contributed by atoms with Gasteiger partial charge in [0.1, 0.15) is 0 Å². The number of piperidine rings is 1. The Morgan fingerprint density at radius 2 is 1.91 bits per heavy atom. The van der Waals surface area contributed by atoms with Crippen LogP contribution >= 0.6 is 24.0 Å². The largest absolute Gasteiger partial charge is 0.393 e. The molecule has 2 atom stereocenters. The highest BCUT2D eigenvalue weighted by Gasteiger charge is 2.40. The number of ether oxygens (including phenoxy) is 1. The lowest BCUT2D eigenvalue weighted by Gasteiger charge is -2.48. The minimum absolute atomic E-state index is 0. The summed E-state index contributed by atoms with van der Waals surface area (Å²) in [6.45, 7) is 11.1. The second-order valence-electron chi connectivity index (χ2n) is 8.53. The number of anilines is 2. The molecule has 3 aromatic rings. The lowest BCUT2D eigenvalue weighted by Crippen LogP contribution is -2.58. The van der Waals surface area contributed by atoms with E-state index in [1.165, 1.54) is 0 Å². The zero-order chi connectivity index (χ0) is 22.2. The van der Waals surface area contributed by atoms with Crippen molar-refractivity contribution in [2.24, 2.45) is 0 Å². The Kier molecular flexibility index (Phi) is 6.91. The van der Waals surface area contributed by atoms with Crippen LogP contribution in [0.3, 0.4) is 0 Å². The molecule has 2 aromatic carbocycles. The number of nitrogens with zero attached hydrogens (tertiary/aromatic N) is 4. The molecular weight excluding hydrogens is 461 g/mol. The Balaban J connectivity index is 0.00000259. The van der Waals surface area contributed by atoms with Crippen LogP contribution < -0.4 is 10.2 Å². The molecular formula is C24H25Cl2N5O2. The van der Waals surface area contributed by atoms with E-state index in [2.05, 4.69) is 25.3 Å². The first-order valence-corrected chi connectivity index (χ1v) is 11.1. The number of aliphatic hydroxyl groups excluding tert-OH is 1. The smallest absolute Gasteiger partial charge is 0.188 e. The summed E-state index contributed by atoms with van der Waals surface area (Å²) in [5.74, 6) is 1.41. The summed E-state index contributed by atoms with van der Waals surface area (Å²) in [5, 5.41) is 25.3. The van der Waals surface area contributed by atoms with Crippen LogP contribution in [0.1, 0.15) is 24.0 Å². The van der Waals surface area contributed by atoms with E-state index < -0.39 is 0 Å². The van der Waals surface area contributed by atoms with E-state index in [4.69, 9.17) is 22.9 Å². The highest BCUT2D eigenvalue weighted by Crippen LogP contribution is 2.38. The van der Waals surface area contributed by atoms with Gasteiger partial charge < -0.3 is 20.1 Å². The van der Waals surface area contributed by atoms with Crippen molar-refractivity contribution >= 4 is 52.1 Å². The van der Waals surface area contributed by atoms with E-state index in [0.29, 0.717) is 44.1 Å². The summed E-state index contributed by atoms with van der Waals surface area (Å²) >= 11 is 6.27. The van der Waals surface area contributed by atoms with Crippen molar-refractivity contribution in [1.29, 1.82) is 0 Å². The molecule has 1 aromatic heterocycles. The maximum absolute atomic E-state index is 10.2. The molecule has 2 aliphatic rings. The van der Waals surface area contributed by atoms with Crippen molar-refractivity contribution in [3.05, 3.63) is 64.0 Å². The number of nitrogens with one attached hydrogen (secondary N) is 1. The number of fused-ring (bicyclic) bond motifs is 3. The van der Waals surface area contributed by atoms with E-state index in [0.717, 1.165) is 32.7 Å². The zero-order valence-corrected chi connectivity index (χ0v) is 19.7. The molecule has 7 nitrogen and oxygen atoms in total. The van der Waals surface area contributed by atoms with Gasteiger partial charge in [-0.1, -0.05) is 35.9 Å². The van der Waals surface area contributed by atoms with E-state index in [1.807, 2.05) is 43.3 Å². The van der Waals surface area contributed by atoms with Gasteiger partial charge in [-0.3, -0.25) is 0 Å². The van der Waals surface area contributed by atoms with E-state index >= 15 is 0 Å². The Labute approximate surface area is 203 Å². The maximum atomic E-state index is 10.2. The van der Waals surface area contributed by atoms with Crippen LogP contribution in [-0.4, -0.2) is 46.7 Å². The number of hydrogen-bond acceptors (Lipinski definition) is 6. The number of rotatable bonds is 4. The number of aryl methyl sites for hydroxylation is 1. The maximum Gasteiger partial charge on any atom is 0.188 e. The molecule has 2 aliphatic heterocycles. The fourth-order valence-corrected chi connectivity index (χ4v) is 4.89. The Bertz CT molecular complexity index is 1200. The molecule has 9 heteroatoms. The molecule has 0 spiro atoms. The first-order valence-electron chi connectivity index (χ1n) is 10.7. The predicted molar refractivity (Wildman–Crippen MR) is 133 cm³/mol. The van der Waals surface area contributed by atoms with Gasteiger partial charge in [0, 0.05) is 22.3 Å². The highest BCUT2D eigenvalue weighted by atomic mass is 35.5. The molecule has 2 bridgehead atoms. The van der Waals surface area contributed by atoms with Gasteiger partial charge in [-0.25, -0.2) is 4.85 Å². The van der Waals surface area contributed by atoms with Crippen LogP contribution in [0.4, 0.5) is 17.3 Å². The predicted octanol–water partition coefficient (Wildman–Crippen LogP) is 4.90. The highest BCUT2D eigenvalue weighted by molar-refractivity contribution is 6.31. The first kappa shape index (κ1) is 23.5. The van der Waals surface area contributed by atoms with Crippen molar-refractivity contribution in [2.45, 2.75) is 44.5 Å². The topological polar surface area (TPSA) is 74.9 Å². The monoisotopic (exact) mass is 485 g/mol. The molecule has 0 aliphatic carbocycles. The molecule has 2 saturated heterocycles. The van der Waals surface area contributed by atoms with Crippen molar-refractivity contribution < 1.29 is 9.84 Å². The lowest BCUT2D eigenvalue weighted by atomic mass is 9.91. The van der Waals surface area contributed by atoms with Crippen LogP contribution in [-0.2, 0) is 11.3 Å². The first-order chi connectivity index (χ1) is 15.5. The molecule has 0 saturated carbocycles. The van der Waals surface area contributed by atoms with Crippen molar-refractivity contribution in [1.82, 2.24) is 10.2 Å². The number of halogens is 2. The average Bonchev–Trinajstić information content (AvgIpc) is 2.79. The van der Waals surface area contributed by atoms with Gasteiger partial charge in [-0.05, 0) is 43.0 Å². The SMILES string of the molecule is Cl.[C-]#[N+]c1ccc2c(N3C4COCC3CC(O)C4)nnc(NCc3ccc(C)c(Cl)c3)c2c1. The van der Waals surface area contributed by atoms with Gasteiger partial charge in [0.15, 0.2) is 17.3 Å². The van der Waals surface area contributed by atoms with Gasteiger partial charge in [0.2, 0.25) is 0 Å². The standard InChI is InChI=1S/C24H24ClN5O2.ClH/c1-14-3-4-15(7-22(14)25)11-27-23-21-8-16(26-2)5-6-20(21)24(29-28-23)30-17-9-19(31)10-18(30)13-32-12-17;/h3-8,17-19,31H,9-13H2,1H3,(H,27,28);1H. The summed E-state index contributed by atoms with van der Waals surface area (Å²) in [5.41, 5.74) is 2.63. The van der Waals surface area contributed by atoms with Gasteiger partial charge >= 0.3 is 0 Å². The van der Waals surface area contributed by atoms with Gasteiger partial charge in [-0.2, -0.15) is 0 Å². The normalized spacial score (nSPS) is 21.9. The Morgan fingerprint density at radius 1 is 1.15 bits per heavy atom. The number of hydrogen-bond donors (Lipinski definition) is 2. The second-order valence-corrected chi connectivity index (χ2v) is 8.94. The van der Waals surface area contributed by atoms with Gasteiger partial charge in [-0.15, -0.1) is 22.6 Å². The third kappa shape index (κ3) is 4.57. The van der Waals surface area contributed by atoms with E-state index in [-0.39, 0.29) is 30.6 Å². The molecule has 2 unspecified atom stereocenters. The van der Waals surface area contributed by atoms with Crippen LogP contribution in [0.15, 0.2) is 36.4 Å². The Hall–Kier alpha value is -2.63. The van der Waals surface area contributed by atoms with E-state index in [9.17, 15) is 5.11 Å². The number of morpholine rings is 1. The van der Waals surface area contributed by atoms with Crippen molar-refractivity contribution in [2.75, 3.05) is 23.4 Å². The van der Waals surface area contributed by atoms with E-state index in [1.54, 1.807) is 0 Å². The third-order valence-corrected chi connectivity index (χ3v) is 6.72. The average molecular weight is 486 g/mol. The minimum atomic E-state index is -0.319. The van der Waals surface area contributed by atoms with Crippen LogP contribution in [0.2, 0.25) is 5.02 Å². The van der Waals surface area contributed by atoms with Crippen molar-refractivity contribution in [3.63, 3.8) is 0 Å². The van der Waals surface area contributed by atoms with Gasteiger partial charge in [0.05, 0.1) is 38.0 Å². The summed E-state index contributed by atoms with van der Waals surface area (Å²) in [6.07, 6.45) is 0.975. The molecule has 172 valence electrons. The summed E-state index contributed by atoms with van der Waals surface area (Å²) in [4.78, 5) is 5.86. The fourth-order valence-electron chi connectivity index (χ4n) is 4.68. The fraction of sp³-hybridized carbons (Fsp3) is 0.375. The number of aliphatic hydroxyl groups is 1. The van der Waals surface area contributed by atoms with Crippen LogP contribution in [0.5, 0.6) is 0 Å². The number of aromatic nitrogens is 2. The number of benzene rings is 2. The third-order valence-electron chi connectivity index (χ3n) is 6.31. The summed E-state index contributed by atoms with van der Waals surface area (Å²) in [7, 11) is 0. The van der Waals surface area contributed by atoms with Gasteiger partial charge in [0.25, 0.3) is 0 Å². The molecule has 2 N–H and O–H groups in total. The molecule has 33 heavy (non-hydrogen) atoms. The van der Waals surface area contributed by atoms with Crippen LogP contribution in [0, 0.1) is 13.5 Å². The zero-order valence-electron chi connectivity index (χ0n) is 18.2. The quantitative estimate of drug-likeness (QED) is 0.511. The lowest BCUT2D eigenvalue weighted by molar-refractivity contribution is 0.000888. The minimum Gasteiger partial charge on any atom is -0.393 e.